The first kappa shape index (κ1) is 13.8. The maximum absolute atomic E-state index is 11.1. The molecule has 0 fully saturated rings. The Morgan fingerprint density at radius 1 is 1.47 bits per heavy atom. The van der Waals surface area contributed by atoms with Crippen molar-refractivity contribution in [2.75, 3.05) is 24.7 Å². The number of thioether (sulfide) groups is 1. The van der Waals surface area contributed by atoms with Gasteiger partial charge in [0.15, 0.2) is 0 Å². The van der Waals surface area contributed by atoms with E-state index in [1.807, 2.05) is 13.0 Å². The van der Waals surface area contributed by atoms with Gasteiger partial charge >= 0.3 is 0 Å². The van der Waals surface area contributed by atoms with Crippen LogP contribution in [0.5, 0.6) is 0 Å². The van der Waals surface area contributed by atoms with E-state index in [-0.39, 0.29) is 5.91 Å². The number of aryl methyl sites for hydroxylation is 1. The van der Waals surface area contributed by atoms with E-state index in [1.165, 1.54) is 11.8 Å². The second-order valence-corrected chi connectivity index (χ2v) is 4.56. The quantitative estimate of drug-likeness (QED) is 0.594. The van der Waals surface area contributed by atoms with Crippen molar-refractivity contribution in [2.24, 2.45) is 0 Å². The highest BCUT2D eigenvalue weighted by atomic mass is 32.2. The predicted molar refractivity (Wildman–Crippen MR) is 70.3 cm³/mol. The Hall–Kier alpha value is -1.30. The van der Waals surface area contributed by atoms with Gasteiger partial charge in [-0.2, -0.15) is 0 Å². The SMILES string of the molecule is CCCNc1nc(C)cc(SCC(=O)NC)n1. The third-order valence-electron chi connectivity index (χ3n) is 1.99. The van der Waals surface area contributed by atoms with Crippen molar-refractivity contribution < 1.29 is 4.79 Å². The zero-order valence-electron chi connectivity index (χ0n) is 10.4. The van der Waals surface area contributed by atoms with Crippen LogP contribution in [0.3, 0.4) is 0 Å². The number of hydrogen-bond acceptors (Lipinski definition) is 5. The van der Waals surface area contributed by atoms with E-state index in [0.717, 1.165) is 23.7 Å². The lowest BCUT2D eigenvalue weighted by atomic mass is 10.4. The number of amides is 1. The van der Waals surface area contributed by atoms with E-state index >= 15 is 0 Å². The summed E-state index contributed by atoms with van der Waals surface area (Å²) in [5, 5.41) is 6.54. The van der Waals surface area contributed by atoms with Crippen molar-refractivity contribution in [3.63, 3.8) is 0 Å². The smallest absolute Gasteiger partial charge is 0.230 e. The number of nitrogens with one attached hydrogen (secondary N) is 2. The van der Waals surface area contributed by atoms with Gasteiger partial charge < -0.3 is 10.6 Å². The molecule has 0 radical (unpaired) electrons. The van der Waals surface area contributed by atoms with Crippen molar-refractivity contribution in [3.8, 4) is 0 Å². The van der Waals surface area contributed by atoms with E-state index < -0.39 is 0 Å². The Kier molecular flexibility index (Phi) is 5.76. The topological polar surface area (TPSA) is 66.9 Å². The number of carbonyl (C=O) groups excluding carboxylic acids is 1. The number of hydrogen-bond donors (Lipinski definition) is 2. The molecule has 17 heavy (non-hydrogen) atoms. The lowest BCUT2D eigenvalue weighted by Crippen LogP contribution is -2.19. The predicted octanol–water partition coefficient (Wildman–Crippen LogP) is 1.45. The summed E-state index contributed by atoms with van der Waals surface area (Å²) in [6.07, 6.45) is 1.03. The van der Waals surface area contributed by atoms with Crippen molar-refractivity contribution in [2.45, 2.75) is 25.3 Å². The minimum Gasteiger partial charge on any atom is -0.358 e. The molecule has 0 atom stereocenters. The molecule has 0 aromatic carbocycles. The minimum atomic E-state index is -0.00525. The Morgan fingerprint density at radius 2 is 2.24 bits per heavy atom. The van der Waals surface area contributed by atoms with Crippen molar-refractivity contribution in [1.29, 1.82) is 0 Å². The fourth-order valence-electron chi connectivity index (χ4n) is 1.14. The van der Waals surface area contributed by atoms with Crippen LogP contribution in [0, 0.1) is 6.92 Å². The molecule has 0 spiro atoms. The van der Waals surface area contributed by atoms with Gasteiger partial charge in [-0.15, -0.1) is 0 Å². The van der Waals surface area contributed by atoms with Gasteiger partial charge in [-0.25, -0.2) is 9.97 Å². The molecule has 0 saturated carbocycles. The van der Waals surface area contributed by atoms with Gasteiger partial charge in [-0.3, -0.25) is 4.79 Å². The summed E-state index contributed by atoms with van der Waals surface area (Å²) in [4.78, 5) is 19.8. The number of rotatable bonds is 6. The monoisotopic (exact) mass is 254 g/mol. The largest absolute Gasteiger partial charge is 0.358 e. The number of aromatic nitrogens is 2. The zero-order valence-corrected chi connectivity index (χ0v) is 11.2. The summed E-state index contributed by atoms with van der Waals surface area (Å²) in [6, 6.07) is 1.88. The van der Waals surface area contributed by atoms with Crippen molar-refractivity contribution >= 4 is 23.6 Å². The molecule has 0 unspecified atom stereocenters. The van der Waals surface area contributed by atoms with Gasteiger partial charge in [0.2, 0.25) is 11.9 Å². The molecule has 0 aliphatic heterocycles. The molecular weight excluding hydrogens is 236 g/mol. The maximum Gasteiger partial charge on any atom is 0.230 e. The summed E-state index contributed by atoms with van der Waals surface area (Å²) in [5.74, 6) is 1.00. The van der Waals surface area contributed by atoms with Crippen LogP contribution in [0.15, 0.2) is 11.1 Å². The first-order chi connectivity index (χ1) is 8.15. The van der Waals surface area contributed by atoms with Crippen molar-refractivity contribution in [3.05, 3.63) is 11.8 Å². The Labute approximate surface area is 106 Å². The molecule has 1 aromatic rings. The lowest BCUT2D eigenvalue weighted by Gasteiger charge is -2.06. The second-order valence-electron chi connectivity index (χ2n) is 3.56. The first-order valence-corrected chi connectivity index (χ1v) is 6.57. The van der Waals surface area contributed by atoms with Gasteiger partial charge in [0.25, 0.3) is 0 Å². The van der Waals surface area contributed by atoms with Crippen LogP contribution in [0.25, 0.3) is 0 Å². The third kappa shape index (κ3) is 5.04. The van der Waals surface area contributed by atoms with E-state index in [0.29, 0.717) is 11.7 Å². The van der Waals surface area contributed by atoms with Gasteiger partial charge in [0.05, 0.1) is 5.75 Å². The highest BCUT2D eigenvalue weighted by Gasteiger charge is 2.05. The molecule has 6 heteroatoms. The molecule has 0 aliphatic carbocycles. The first-order valence-electron chi connectivity index (χ1n) is 5.58. The fourth-order valence-corrected chi connectivity index (χ4v) is 1.97. The van der Waals surface area contributed by atoms with Crippen LogP contribution in [0.1, 0.15) is 19.0 Å². The Morgan fingerprint density at radius 3 is 2.88 bits per heavy atom. The summed E-state index contributed by atoms with van der Waals surface area (Å²) in [6.45, 7) is 4.86. The van der Waals surface area contributed by atoms with E-state index in [1.54, 1.807) is 7.05 Å². The van der Waals surface area contributed by atoms with E-state index in [9.17, 15) is 4.79 Å². The maximum atomic E-state index is 11.1. The molecular formula is C11H18N4OS. The number of carbonyl (C=O) groups is 1. The van der Waals surface area contributed by atoms with Gasteiger partial charge in [0.1, 0.15) is 5.03 Å². The van der Waals surface area contributed by atoms with Gasteiger partial charge in [-0.1, -0.05) is 18.7 Å². The average Bonchev–Trinajstić information content (AvgIpc) is 2.32. The van der Waals surface area contributed by atoms with Crippen LogP contribution in [0.4, 0.5) is 5.95 Å². The third-order valence-corrected chi connectivity index (χ3v) is 2.91. The molecule has 0 aliphatic rings. The number of nitrogens with zero attached hydrogens (tertiary/aromatic N) is 2. The zero-order chi connectivity index (χ0) is 12.7. The standard InChI is InChI=1S/C11H18N4OS/c1-4-5-13-11-14-8(2)6-10(15-11)17-7-9(16)12-3/h6H,4-5,7H2,1-3H3,(H,12,16)(H,13,14,15). The second kappa shape index (κ2) is 7.11. The molecule has 2 N–H and O–H groups in total. The molecule has 0 saturated heterocycles. The van der Waals surface area contributed by atoms with Gasteiger partial charge in [0, 0.05) is 19.3 Å². The summed E-state index contributed by atoms with van der Waals surface area (Å²) in [7, 11) is 1.63. The van der Waals surface area contributed by atoms with Crippen LogP contribution in [0.2, 0.25) is 0 Å². The summed E-state index contributed by atoms with van der Waals surface area (Å²) >= 11 is 1.41. The van der Waals surface area contributed by atoms with Crippen LogP contribution >= 0.6 is 11.8 Å². The molecule has 1 heterocycles. The van der Waals surface area contributed by atoms with Crippen LogP contribution in [-0.2, 0) is 4.79 Å². The molecule has 1 aromatic heterocycles. The summed E-state index contributed by atoms with van der Waals surface area (Å²) < 4.78 is 0. The molecule has 0 bridgehead atoms. The fraction of sp³-hybridized carbons (Fsp3) is 0.545. The average molecular weight is 254 g/mol. The van der Waals surface area contributed by atoms with Crippen molar-refractivity contribution in [1.82, 2.24) is 15.3 Å². The lowest BCUT2D eigenvalue weighted by molar-refractivity contribution is -0.118. The Bertz CT molecular complexity index is 384. The molecule has 1 amide bonds. The highest BCUT2D eigenvalue weighted by Crippen LogP contribution is 2.17. The normalized spacial score (nSPS) is 10.1. The molecule has 1 rings (SSSR count). The van der Waals surface area contributed by atoms with Crippen LogP contribution in [-0.4, -0.2) is 35.2 Å². The van der Waals surface area contributed by atoms with Gasteiger partial charge in [-0.05, 0) is 19.4 Å². The molecule has 94 valence electrons. The summed E-state index contributed by atoms with van der Waals surface area (Å²) in [5.41, 5.74) is 0.901. The minimum absolute atomic E-state index is 0.00525. The number of anilines is 1. The van der Waals surface area contributed by atoms with E-state index in [2.05, 4.69) is 27.5 Å². The highest BCUT2D eigenvalue weighted by molar-refractivity contribution is 7.99. The van der Waals surface area contributed by atoms with E-state index in [4.69, 9.17) is 0 Å². The molecule has 5 nitrogen and oxygen atoms in total. The Balaban J connectivity index is 2.65. The van der Waals surface area contributed by atoms with Crippen LogP contribution < -0.4 is 10.6 Å².